The Morgan fingerprint density at radius 2 is 2.29 bits per heavy atom. The van der Waals surface area contributed by atoms with Crippen molar-refractivity contribution in [3.8, 4) is 0 Å². The topological polar surface area (TPSA) is 51.8 Å². The predicted molar refractivity (Wildman–Crippen MR) is 69.7 cm³/mol. The molecule has 0 aliphatic carbocycles. The molecule has 0 bridgehead atoms. The summed E-state index contributed by atoms with van der Waals surface area (Å²) in [6, 6.07) is 4.47. The maximum absolute atomic E-state index is 12.9. The molecule has 90 valence electrons. The highest BCUT2D eigenvalue weighted by Crippen LogP contribution is 2.27. The molecule has 0 saturated carbocycles. The van der Waals surface area contributed by atoms with Crippen molar-refractivity contribution < 1.29 is 4.39 Å². The van der Waals surface area contributed by atoms with Crippen LogP contribution in [-0.2, 0) is 12.2 Å². The Labute approximate surface area is 107 Å². The molecule has 2 aromatic rings. The van der Waals surface area contributed by atoms with Gasteiger partial charge in [-0.25, -0.2) is 9.37 Å². The molecule has 1 aromatic carbocycles. The number of aryl methyl sites for hydroxylation is 1. The van der Waals surface area contributed by atoms with E-state index < -0.39 is 0 Å². The minimum atomic E-state index is -0.305. The lowest BCUT2D eigenvalue weighted by Crippen LogP contribution is -1.93. The molecule has 6 heteroatoms. The van der Waals surface area contributed by atoms with E-state index in [0.29, 0.717) is 11.4 Å². The van der Waals surface area contributed by atoms with Gasteiger partial charge in [-0.3, -0.25) is 0 Å². The molecule has 0 aliphatic heterocycles. The van der Waals surface area contributed by atoms with Crippen LogP contribution < -0.4 is 5.73 Å². The maximum atomic E-state index is 12.9. The second-order valence-corrected chi connectivity index (χ2v) is 5.44. The van der Waals surface area contributed by atoms with Gasteiger partial charge < -0.3 is 5.73 Å². The van der Waals surface area contributed by atoms with Gasteiger partial charge in [-0.05, 0) is 29.2 Å². The molecule has 0 saturated heterocycles. The molecule has 2 N–H and O–H groups in total. The molecular formula is C11H12FN3S2. The molecule has 0 aliphatic rings. The van der Waals surface area contributed by atoms with Crippen molar-refractivity contribution in [2.45, 2.75) is 23.4 Å². The third kappa shape index (κ3) is 3.17. The molecular weight excluding hydrogens is 257 g/mol. The number of nitrogens with two attached hydrogens (primary N) is 1. The van der Waals surface area contributed by atoms with Crippen LogP contribution in [0.1, 0.15) is 18.3 Å². The summed E-state index contributed by atoms with van der Waals surface area (Å²) in [4.78, 5) is 4.35. The molecule has 0 radical (unpaired) electrons. The van der Waals surface area contributed by atoms with Gasteiger partial charge >= 0.3 is 0 Å². The van der Waals surface area contributed by atoms with Crippen LogP contribution in [0.2, 0.25) is 0 Å². The third-order valence-corrected chi connectivity index (χ3v) is 4.14. The summed E-state index contributed by atoms with van der Waals surface area (Å²) in [5, 5.41) is 0. The predicted octanol–water partition coefficient (Wildman–Crippen LogP) is 3.11. The number of benzene rings is 1. The van der Waals surface area contributed by atoms with Gasteiger partial charge in [0.25, 0.3) is 0 Å². The summed E-state index contributed by atoms with van der Waals surface area (Å²) >= 11 is 2.96. The van der Waals surface area contributed by atoms with E-state index >= 15 is 0 Å². The zero-order valence-corrected chi connectivity index (χ0v) is 10.9. The number of thioether (sulfide) groups is 1. The first-order chi connectivity index (χ1) is 8.19. The first-order valence-electron chi connectivity index (χ1n) is 5.18. The first-order valence-corrected chi connectivity index (χ1v) is 6.94. The average molecular weight is 269 g/mol. The molecule has 1 heterocycles. The average Bonchev–Trinajstić information content (AvgIpc) is 2.76. The summed E-state index contributed by atoms with van der Waals surface area (Å²) in [7, 11) is 0. The number of halogens is 1. The molecule has 0 spiro atoms. The van der Waals surface area contributed by atoms with Gasteiger partial charge in [-0.2, -0.15) is 4.37 Å². The minimum Gasteiger partial charge on any atom is -0.398 e. The van der Waals surface area contributed by atoms with Crippen LogP contribution >= 0.6 is 23.3 Å². The normalized spacial score (nSPS) is 10.7. The van der Waals surface area contributed by atoms with Crippen LogP contribution in [0.3, 0.4) is 0 Å². The number of rotatable bonds is 4. The Balaban J connectivity index is 2.02. The summed E-state index contributed by atoms with van der Waals surface area (Å²) in [6.45, 7) is 2.02. The van der Waals surface area contributed by atoms with E-state index in [1.165, 1.54) is 23.7 Å². The number of nitrogens with zero attached hydrogens (tertiary/aromatic N) is 2. The second-order valence-electron chi connectivity index (χ2n) is 3.46. The Kier molecular flexibility index (Phi) is 3.96. The molecule has 2 rings (SSSR count). The number of aromatic nitrogens is 2. The molecule has 1 aromatic heterocycles. The summed E-state index contributed by atoms with van der Waals surface area (Å²) in [6.07, 6.45) is 0.843. The number of hydrogen-bond donors (Lipinski definition) is 1. The van der Waals surface area contributed by atoms with Crippen molar-refractivity contribution in [1.29, 1.82) is 0 Å². The quantitative estimate of drug-likeness (QED) is 0.684. The standard InChI is InChI=1S/C11H12FN3S2/c1-2-10-14-11(17-15-10)16-6-7-3-4-8(12)5-9(7)13/h3-5H,2,6,13H2,1H3. The fraction of sp³-hybridized carbons (Fsp3) is 0.273. The second kappa shape index (κ2) is 5.46. The van der Waals surface area contributed by atoms with Gasteiger partial charge in [-0.15, -0.1) is 0 Å². The van der Waals surface area contributed by atoms with Gasteiger partial charge in [-0.1, -0.05) is 24.8 Å². The molecule has 0 atom stereocenters. The van der Waals surface area contributed by atoms with Gasteiger partial charge in [0.2, 0.25) is 0 Å². The number of nitrogen functional groups attached to an aromatic ring is 1. The Bertz CT molecular complexity index is 513. The zero-order chi connectivity index (χ0) is 12.3. The van der Waals surface area contributed by atoms with Crippen molar-refractivity contribution in [1.82, 2.24) is 9.36 Å². The lowest BCUT2D eigenvalue weighted by molar-refractivity contribution is 0.628. The van der Waals surface area contributed by atoms with Gasteiger partial charge in [0.05, 0.1) is 0 Å². The van der Waals surface area contributed by atoms with Crippen LogP contribution in [0.4, 0.5) is 10.1 Å². The fourth-order valence-electron chi connectivity index (χ4n) is 1.28. The van der Waals surface area contributed by atoms with Crippen molar-refractivity contribution in [2.24, 2.45) is 0 Å². The number of anilines is 1. The van der Waals surface area contributed by atoms with Gasteiger partial charge in [0, 0.05) is 17.9 Å². The van der Waals surface area contributed by atoms with Crippen LogP contribution in [0.5, 0.6) is 0 Å². The van der Waals surface area contributed by atoms with Gasteiger partial charge in [0.15, 0.2) is 4.34 Å². The zero-order valence-electron chi connectivity index (χ0n) is 9.31. The van der Waals surface area contributed by atoms with E-state index in [1.54, 1.807) is 17.8 Å². The Morgan fingerprint density at radius 3 is 2.94 bits per heavy atom. The Hall–Kier alpha value is -1.14. The van der Waals surface area contributed by atoms with Crippen LogP contribution in [0.15, 0.2) is 22.5 Å². The van der Waals surface area contributed by atoms with Crippen molar-refractivity contribution in [2.75, 3.05) is 5.73 Å². The van der Waals surface area contributed by atoms with Crippen LogP contribution in [0, 0.1) is 5.82 Å². The molecule has 3 nitrogen and oxygen atoms in total. The summed E-state index contributed by atoms with van der Waals surface area (Å²) in [5.74, 6) is 1.25. The van der Waals surface area contributed by atoms with E-state index in [4.69, 9.17) is 5.73 Å². The smallest absolute Gasteiger partial charge is 0.170 e. The van der Waals surface area contributed by atoms with E-state index in [1.807, 2.05) is 6.92 Å². The Morgan fingerprint density at radius 1 is 1.47 bits per heavy atom. The monoisotopic (exact) mass is 269 g/mol. The number of hydrogen-bond acceptors (Lipinski definition) is 5. The summed E-state index contributed by atoms with van der Waals surface area (Å²) < 4.78 is 18.0. The highest BCUT2D eigenvalue weighted by atomic mass is 32.2. The highest BCUT2D eigenvalue weighted by molar-refractivity contribution is 8.00. The van der Waals surface area contributed by atoms with Gasteiger partial charge in [0.1, 0.15) is 11.6 Å². The summed E-state index contributed by atoms with van der Waals surface area (Å²) in [5.41, 5.74) is 7.14. The lowest BCUT2D eigenvalue weighted by Gasteiger charge is -2.03. The van der Waals surface area contributed by atoms with E-state index in [2.05, 4.69) is 9.36 Å². The highest BCUT2D eigenvalue weighted by Gasteiger charge is 2.06. The van der Waals surface area contributed by atoms with E-state index in [0.717, 1.165) is 22.1 Å². The molecule has 0 unspecified atom stereocenters. The van der Waals surface area contributed by atoms with Crippen molar-refractivity contribution >= 4 is 29.0 Å². The van der Waals surface area contributed by atoms with Crippen LogP contribution in [-0.4, -0.2) is 9.36 Å². The van der Waals surface area contributed by atoms with E-state index in [-0.39, 0.29) is 5.82 Å². The molecule has 17 heavy (non-hydrogen) atoms. The lowest BCUT2D eigenvalue weighted by atomic mass is 10.2. The fourth-order valence-corrected chi connectivity index (χ4v) is 2.99. The third-order valence-electron chi connectivity index (χ3n) is 2.22. The molecule has 0 fully saturated rings. The van der Waals surface area contributed by atoms with E-state index in [9.17, 15) is 4.39 Å². The molecule has 0 amide bonds. The minimum absolute atomic E-state index is 0.305. The largest absolute Gasteiger partial charge is 0.398 e. The van der Waals surface area contributed by atoms with Crippen molar-refractivity contribution in [3.05, 3.63) is 35.4 Å². The first kappa shape index (κ1) is 12.3. The SMILES string of the molecule is CCc1nsc(SCc2ccc(F)cc2N)n1. The van der Waals surface area contributed by atoms with Crippen LogP contribution in [0.25, 0.3) is 0 Å². The van der Waals surface area contributed by atoms with Crippen molar-refractivity contribution in [3.63, 3.8) is 0 Å². The maximum Gasteiger partial charge on any atom is 0.170 e.